The SMILES string of the molecule is C=C(N[C@H]1CCc2ccccc21)c1nc2c(-c3cccc(Cl)c3Cl)ccnc2n1C. The first-order chi connectivity index (χ1) is 14.5. The summed E-state index contributed by atoms with van der Waals surface area (Å²) in [6.45, 7) is 4.28. The van der Waals surface area contributed by atoms with E-state index in [0.717, 1.165) is 46.7 Å². The van der Waals surface area contributed by atoms with Crippen LogP contribution in [0.2, 0.25) is 10.0 Å². The van der Waals surface area contributed by atoms with E-state index in [1.54, 1.807) is 12.3 Å². The summed E-state index contributed by atoms with van der Waals surface area (Å²) in [5, 5.41) is 4.61. The van der Waals surface area contributed by atoms with Gasteiger partial charge in [-0.15, -0.1) is 0 Å². The molecule has 2 aromatic carbocycles. The first kappa shape index (κ1) is 19.2. The van der Waals surface area contributed by atoms with Crippen molar-refractivity contribution >= 4 is 40.1 Å². The second-order valence-corrected chi connectivity index (χ2v) is 8.32. The molecule has 0 radical (unpaired) electrons. The fourth-order valence-corrected chi connectivity index (χ4v) is 4.66. The Balaban J connectivity index is 1.54. The van der Waals surface area contributed by atoms with Gasteiger partial charge in [-0.25, -0.2) is 9.97 Å². The van der Waals surface area contributed by atoms with E-state index in [1.165, 1.54) is 11.1 Å². The van der Waals surface area contributed by atoms with Crippen LogP contribution in [-0.4, -0.2) is 14.5 Å². The molecule has 0 saturated heterocycles. The Labute approximate surface area is 185 Å². The van der Waals surface area contributed by atoms with Crippen LogP contribution >= 0.6 is 23.2 Å². The fraction of sp³-hybridized carbons (Fsp3) is 0.167. The largest absolute Gasteiger partial charge is 0.376 e. The first-order valence-electron chi connectivity index (χ1n) is 9.84. The lowest BCUT2D eigenvalue weighted by Gasteiger charge is -2.17. The molecule has 0 aliphatic heterocycles. The van der Waals surface area contributed by atoms with Gasteiger partial charge >= 0.3 is 0 Å². The van der Waals surface area contributed by atoms with Gasteiger partial charge < -0.3 is 9.88 Å². The van der Waals surface area contributed by atoms with Gasteiger partial charge in [0.1, 0.15) is 5.52 Å². The lowest BCUT2D eigenvalue weighted by molar-refractivity contribution is 0.623. The summed E-state index contributed by atoms with van der Waals surface area (Å²) in [6, 6.07) is 16.3. The zero-order valence-electron chi connectivity index (χ0n) is 16.5. The number of halogens is 2. The van der Waals surface area contributed by atoms with E-state index in [4.69, 9.17) is 28.2 Å². The van der Waals surface area contributed by atoms with E-state index in [1.807, 2.05) is 29.8 Å². The van der Waals surface area contributed by atoms with Crippen molar-refractivity contribution in [3.05, 3.63) is 88.3 Å². The van der Waals surface area contributed by atoms with E-state index >= 15 is 0 Å². The number of pyridine rings is 1. The van der Waals surface area contributed by atoms with Crippen molar-refractivity contribution in [3.8, 4) is 11.1 Å². The minimum Gasteiger partial charge on any atom is -0.376 e. The lowest BCUT2D eigenvalue weighted by atomic mass is 10.1. The number of fused-ring (bicyclic) bond motifs is 2. The third kappa shape index (κ3) is 3.08. The number of hydrogen-bond acceptors (Lipinski definition) is 3. The molecule has 1 N–H and O–H groups in total. The second kappa shape index (κ2) is 7.46. The number of nitrogens with one attached hydrogen (secondary N) is 1. The highest BCUT2D eigenvalue weighted by molar-refractivity contribution is 6.43. The van der Waals surface area contributed by atoms with Crippen molar-refractivity contribution < 1.29 is 0 Å². The van der Waals surface area contributed by atoms with Crippen molar-refractivity contribution in [1.29, 1.82) is 0 Å². The minimum absolute atomic E-state index is 0.239. The van der Waals surface area contributed by atoms with Gasteiger partial charge in [-0.05, 0) is 36.1 Å². The van der Waals surface area contributed by atoms with E-state index in [9.17, 15) is 0 Å². The van der Waals surface area contributed by atoms with Gasteiger partial charge in [0.05, 0.1) is 21.8 Å². The van der Waals surface area contributed by atoms with Crippen molar-refractivity contribution in [2.45, 2.75) is 18.9 Å². The maximum absolute atomic E-state index is 6.48. The Morgan fingerprint density at radius 1 is 1.10 bits per heavy atom. The van der Waals surface area contributed by atoms with E-state index in [-0.39, 0.29) is 6.04 Å². The Bertz CT molecular complexity index is 1290. The molecule has 4 aromatic rings. The molecule has 6 heteroatoms. The summed E-state index contributed by atoms with van der Waals surface area (Å²) >= 11 is 12.7. The average Bonchev–Trinajstić information content (AvgIpc) is 3.31. The molecule has 4 nitrogen and oxygen atoms in total. The molecule has 150 valence electrons. The van der Waals surface area contributed by atoms with Gasteiger partial charge in [-0.2, -0.15) is 0 Å². The smallest absolute Gasteiger partial charge is 0.160 e. The van der Waals surface area contributed by atoms with E-state index < -0.39 is 0 Å². The molecule has 1 aliphatic carbocycles. The monoisotopic (exact) mass is 434 g/mol. The molecule has 1 atom stereocenters. The van der Waals surface area contributed by atoms with Crippen LogP contribution in [0.1, 0.15) is 29.4 Å². The third-order valence-corrected chi connectivity index (χ3v) is 6.57. The Hall–Kier alpha value is -2.82. The van der Waals surface area contributed by atoms with Gasteiger partial charge in [-0.1, -0.05) is 66.2 Å². The maximum atomic E-state index is 6.48. The summed E-state index contributed by atoms with van der Waals surface area (Å²) in [4.78, 5) is 9.44. The third-order valence-electron chi connectivity index (χ3n) is 5.75. The highest BCUT2D eigenvalue weighted by Gasteiger charge is 2.24. The van der Waals surface area contributed by atoms with Gasteiger partial charge in [0.15, 0.2) is 11.5 Å². The number of nitrogens with zero attached hydrogens (tertiary/aromatic N) is 3. The molecule has 0 amide bonds. The van der Waals surface area contributed by atoms with Crippen molar-refractivity contribution in [1.82, 2.24) is 19.9 Å². The van der Waals surface area contributed by atoms with Gasteiger partial charge in [0.25, 0.3) is 0 Å². The van der Waals surface area contributed by atoms with Crippen LogP contribution in [0.4, 0.5) is 0 Å². The number of hydrogen-bond donors (Lipinski definition) is 1. The van der Waals surface area contributed by atoms with Gasteiger partial charge in [0.2, 0.25) is 0 Å². The summed E-state index contributed by atoms with van der Waals surface area (Å²) in [5.41, 5.74) is 6.79. The minimum atomic E-state index is 0.239. The molecular weight excluding hydrogens is 415 g/mol. The molecule has 2 heterocycles. The Kier molecular flexibility index (Phi) is 4.76. The zero-order valence-corrected chi connectivity index (χ0v) is 18.0. The molecule has 30 heavy (non-hydrogen) atoms. The van der Waals surface area contributed by atoms with Crippen LogP contribution in [0.25, 0.3) is 28.0 Å². The Morgan fingerprint density at radius 3 is 2.80 bits per heavy atom. The standard InChI is InChI=1S/C24H20Cl2N4/c1-14(28-20-11-10-15-6-3-4-7-16(15)20)23-29-22-18(12-13-27-24(22)30(23)2)17-8-5-9-19(25)21(17)26/h3-9,12-13,20,28H,1,10-11H2,2H3/t20-/m0/s1. The molecule has 0 fully saturated rings. The number of rotatable bonds is 4. The maximum Gasteiger partial charge on any atom is 0.160 e. The predicted octanol–water partition coefficient (Wildman–Crippen LogP) is 6.19. The molecule has 2 aromatic heterocycles. The normalized spacial score (nSPS) is 15.4. The van der Waals surface area contributed by atoms with Crippen LogP contribution in [0.5, 0.6) is 0 Å². The van der Waals surface area contributed by atoms with Crippen molar-refractivity contribution in [3.63, 3.8) is 0 Å². The molecule has 0 bridgehead atoms. The molecule has 0 unspecified atom stereocenters. The van der Waals surface area contributed by atoms with Gasteiger partial charge in [-0.3, -0.25) is 0 Å². The highest BCUT2D eigenvalue weighted by Crippen LogP contribution is 2.37. The second-order valence-electron chi connectivity index (χ2n) is 7.54. The Morgan fingerprint density at radius 2 is 1.93 bits per heavy atom. The van der Waals surface area contributed by atoms with Crippen LogP contribution < -0.4 is 5.32 Å². The predicted molar refractivity (Wildman–Crippen MR) is 124 cm³/mol. The van der Waals surface area contributed by atoms with Crippen LogP contribution in [-0.2, 0) is 13.5 Å². The van der Waals surface area contributed by atoms with Crippen molar-refractivity contribution in [2.75, 3.05) is 0 Å². The molecule has 0 saturated carbocycles. The van der Waals surface area contributed by atoms with Crippen LogP contribution in [0, 0.1) is 0 Å². The van der Waals surface area contributed by atoms with Crippen molar-refractivity contribution in [2.24, 2.45) is 7.05 Å². The summed E-state index contributed by atoms with van der Waals surface area (Å²) in [6.07, 6.45) is 3.89. The topological polar surface area (TPSA) is 42.7 Å². The number of aromatic nitrogens is 3. The molecule has 1 aliphatic rings. The van der Waals surface area contributed by atoms with Crippen LogP contribution in [0.3, 0.4) is 0 Å². The van der Waals surface area contributed by atoms with Crippen LogP contribution in [0.15, 0.2) is 61.3 Å². The number of benzene rings is 2. The number of aryl methyl sites for hydroxylation is 2. The van der Waals surface area contributed by atoms with E-state index in [0.29, 0.717) is 10.0 Å². The number of imidazole rings is 1. The van der Waals surface area contributed by atoms with E-state index in [2.05, 4.69) is 41.1 Å². The first-order valence-corrected chi connectivity index (χ1v) is 10.6. The lowest BCUT2D eigenvalue weighted by Crippen LogP contribution is -2.19. The fourth-order valence-electron chi connectivity index (χ4n) is 4.26. The highest BCUT2D eigenvalue weighted by atomic mass is 35.5. The summed E-state index contributed by atoms with van der Waals surface area (Å²) < 4.78 is 1.97. The summed E-state index contributed by atoms with van der Waals surface area (Å²) in [5.74, 6) is 0.757. The quantitative estimate of drug-likeness (QED) is 0.416. The molecular formula is C24H20Cl2N4. The summed E-state index contributed by atoms with van der Waals surface area (Å²) in [7, 11) is 1.95. The average molecular weight is 435 g/mol. The van der Waals surface area contributed by atoms with Gasteiger partial charge in [0, 0.05) is 24.4 Å². The zero-order chi connectivity index (χ0) is 20.8. The molecule has 5 rings (SSSR count). The molecule has 0 spiro atoms.